The average Bonchev–Trinajstić information content (AvgIpc) is 2.72. The van der Waals surface area contributed by atoms with Gasteiger partial charge >= 0.3 is 0 Å². The normalized spacial score (nSPS) is 14.3. The molecule has 0 aliphatic carbocycles. The Kier molecular flexibility index (Phi) is 6.01. The fourth-order valence-electron chi connectivity index (χ4n) is 3.06. The van der Waals surface area contributed by atoms with Crippen molar-refractivity contribution in [3.8, 4) is 0 Å². The molecule has 1 aliphatic heterocycles. The topological polar surface area (TPSA) is 69.6 Å². The number of benzene rings is 1. The Morgan fingerprint density at radius 1 is 1.11 bits per heavy atom. The highest BCUT2D eigenvalue weighted by atomic mass is 16.2. The Hall–Kier alpha value is -2.96. The summed E-state index contributed by atoms with van der Waals surface area (Å²) in [6.45, 7) is 7.26. The van der Waals surface area contributed by atoms with E-state index in [0.717, 1.165) is 12.0 Å². The van der Waals surface area contributed by atoms with Crippen molar-refractivity contribution in [2.75, 3.05) is 31.1 Å². The molecule has 0 unspecified atom stereocenters. The van der Waals surface area contributed by atoms with Gasteiger partial charge in [0, 0.05) is 51.2 Å². The van der Waals surface area contributed by atoms with Crippen molar-refractivity contribution in [3.05, 3.63) is 53.9 Å². The van der Waals surface area contributed by atoms with E-state index >= 15 is 0 Å². The van der Waals surface area contributed by atoms with Crippen LogP contribution < -0.4 is 4.90 Å². The summed E-state index contributed by atoms with van der Waals surface area (Å²) in [7, 11) is 0. The van der Waals surface area contributed by atoms with Gasteiger partial charge in [-0.3, -0.25) is 9.59 Å². The third-order valence-electron chi connectivity index (χ3n) is 4.71. The van der Waals surface area contributed by atoms with Crippen LogP contribution in [0, 0.1) is 0 Å². The van der Waals surface area contributed by atoms with Gasteiger partial charge < -0.3 is 14.7 Å². The molecule has 1 aromatic carbocycles. The van der Waals surface area contributed by atoms with E-state index in [9.17, 15) is 9.59 Å². The third kappa shape index (κ3) is 4.61. The molecule has 0 spiro atoms. The number of amides is 2. The molecule has 2 aromatic rings. The van der Waals surface area contributed by atoms with Crippen molar-refractivity contribution in [1.82, 2.24) is 19.8 Å². The van der Waals surface area contributed by atoms with Crippen LogP contribution in [0.25, 0.3) is 0 Å². The number of anilines is 1. The monoisotopic (exact) mass is 367 g/mol. The second-order valence-corrected chi connectivity index (χ2v) is 6.91. The summed E-state index contributed by atoms with van der Waals surface area (Å²) < 4.78 is 0. The molecular weight excluding hydrogens is 342 g/mol. The maximum absolute atomic E-state index is 12.9. The molecule has 2 amide bonds. The molecule has 3 rings (SSSR count). The molecule has 7 heteroatoms. The largest absolute Gasteiger partial charge is 0.342 e. The lowest BCUT2D eigenvalue weighted by Crippen LogP contribution is -2.46. The Labute approximate surface area is 159 Å². The van der Waals surface area contributed by atoms with E-state index in [1.807, 2.05) is 54.0 Å². The van der Waals surface area contributed by atoms with Crippen molar-refractivity contribution in [1.29, 1.82) is 0 Å². The highest BCUT2D eigenvalue weighted by molar-refractivity contribution is 5.93. The summed E-state index contributed by atoms with van der Waals surface area (Å²) in [5.41, 5.74) is 1.57. The molecule has 0 N–H and O–H groups in total. The molecule has 142 valence electrons. The van der Waals surface area contributed by atoms with Gasteiger partial charge in [0.05, 0.1) is 5.56 Å². The molecule has 0 saturated carbocycles. The molecule has 0 bridgehead atoms. The Bertz CT molecular complexity index is 756. The predicted molar refractivity (Wildman–Crippen MR) is 103 cm³/mol. The fraction of sp³-hybridized carbons (Fsp3) is 0.400. The molecule has 1 saturated heterocycles. The van der Waals surface area contributed by atoms with Gasteiger partial charge in [-0.1, -0.05) is 30.3 Å². The van der Waals surface area contributed by atoms with Crippen LogP contribution in [0.5, 0.6) is 0 Å². The Balaban J connectivity index is 1.69. The summed E-state index contributed by atoms with van der Waals surface area (Å²) >= 11 is 0. The highest BCUT2D eigenvalue weighted by Gasteiger charge is 2.22. The van der Waals surface area contributed by atoms with E-state index in [-0.39, 0.29) is 11.9 Å². The zero-order chi connectivity index (χ0) is 19.2. The summed E-state index contributed by atoms with van der Waals surface area (Å²) in [6.07, 6.45) is 4.06. The fourth-order valence-corrected chi connectivity index (χ4v) is 3.06. The quantitative estimate of drug-likeness (QED) is 0.728. The summed E-state index contributed by atoms with van der Waals surface area (Å²) in [6, 6.07) is 10.0. The number of carbonyl (C=O) groups is 2. The summed E-state index contributed by atoms with van der Waals surface area (Å²) in [5, 5.41) is 0. The molecule has 27 heavy (non-hydrogen) atoms. The van der Waals surface area contributed by atoms with Crippen LogP contribution >= 0.6 is 0 Å². The molecule has 1 aromatic heterocycles. The maximum atomic E-state index is 12.9. The van der Waals surface area contributed by atoms with E-state index in [2.05, 4.69) is 9.97 Å². The van der Waals surface area contributed by atoms with Gasteiger partial charge in [-0.15, -0.1) is 0 Å². The molecule has 2 heterocycles. The maximum Gasteiger partial charge on any atom is 0.257 e. The lowest BCUT2D eigenvalue weighted by atomic mass is 10.1. The van der Waals surface area contributed by atoms with Gasteiger partial charge in [0.2, 0.25) is 12.4 Å². The van der Waals surface area contributed by atoms with Crippen LogP contribution in [0.2, 0.25) is 0 Å². The minimum absolute atomic E-state index is 0.0637. The van der Waals surface area contributed by atoms with Gasteiger partial charge in [0.25, 0.3) is 5.91 Å². The zero-order valence-corrected chi connectivity index (χ0v) is 15.8. The van der Waals surface area contributed by atoms with Crippen LogP contribution in [0.3, 0.4) is 0 Å². The molecule has 1 aliphatic rings. The number of rotatable bonds is 6. The molecule has 1 fully saturated rings. The van der Waals surface area contributed by atoms with Gasteiger partial charge in [-0.25, -0.2) is 9.97 Å². The Morgan fingerprint density at radius 3 is 2.30 bits per heavy atom. The van der Waals surface area contributed by atoms with Crippen molar-refractivity contribution < 1.29 is 9.59 Å². The van der Waals surface area contributed by atoms with Crippen molar-refractivity contribution in [2.24, 2.45) is 0 Å². The van der Waals surface area contributed by atoms with E-state index in [0.29, 0.717) is 44.2 Å². The van der Waals surface area contributed by atoms with Crippen LogP contribution in [0.15, 0.2) is 42.7 Å². The SMILES string of the molecule is CC(C)N(Cc1ccccc1)C(=O)c1cnc(N2CCN(C=O)CC2)nc1. The van der Waals surface area contributed by atoms with Crippen LogP contribution in [-0.4, -0.2) is 64.3 Å². The van der Waals surface area contributed by atoms with E-state index in [4.69, 9.17) is 0 Å². The van der Waals surface area contributed by atoms with Gasteiger partial charge in [-0.2, -0.15) is 0 Å². The number of hydrogen-bond acceptors (Lipinski definition) is 5. The van der Waals surface area contributed by atoms with Crippen LogP contribution in [0.4, 0.5) is 5.95 Å². The minimum Gasteiger partial charge on any atom is -0.342 e. The first-order valence-electron chi connectivity index (χ1n) is 9.19. The van der Waals surface area contributed by atoms with Crippen molar-refractivity contribution in [3.63, 3.8) is 0 Å². The molecule has 7 nitrogen and oxygen atoms in total. The van der Waals surface area contributed by atoms with Gasteiger partial charge in [0.1, 0.15) is 0 Å². The zero-order valence-electron chi connectivity index (χ0n) is 15.8. The standard InChI is InChI=1S/C20H25N5O2/c1-16(2)25(14-17-6-4-3-5-7-17)19(27)18-12-21-20(22-13-18)24-10-8-23(15-26)9-11-24/h3-7,12-13,15-16H,8-11,14H2,1-2H3. The van der Waals surface area contributed by atoms with E-state index < -0.39 is 0 Å². The first kappa shape index (κ1) is 18.8. The van der Waals surface area contributed by atoms with Gasteiger partial charge in [-0.05, 0) is 19.4 Å². The van der Waals surface area contributed by atoms with Crippen LogP contribution in [-0.2, 0) is 11.3 Å². The predicted octanol–water partition coefficient (Wildman–Crippen LogP) is 1.81. The number of hydrogen-bond donors (Lipinski definition) is 0. The summed E-state index contributed by atoms with van der Waals surface area (Å²) in [4.78, 5) is 38.1. The van der Waals surface area contributed by atoms with Crippen molar-refractivity contribution in [2.45, 2.75) is 26.4 Å². The molecular formula is C20H25N5O2. The summed E-state index contributed by atoms with van der Waals surface area (Å²) in [5.74, 6) is 0.516. The average molecular weight is 367 g/mol. The lowest BCUT2D eigenvalue weighted by molar-refractivity contribution is -0.118. The number of aromatic nitrogens is 2. The van der Waals surface area contributed by atoms with E-state index in [1.165, 1.54) is 0 Å². The van der Waals surface area contributed by atoms with Gasteiger partial charge in [0.15, 0.2) is 0 Å². The van der Waals surface area contributed by atoms with Crippen LogP contribution in [0.1, 0.15) is 29.8 Å². The molecule has 0 radical (unpaired) electrons. The highest BCUT2D eigenvalue weighted by Crippen LogP contribution is 2.15. The second-order valence-electron chi connectivity index (χ2n) is 6.91. The Morgan fingerprint density at radius 2 is 1.74 bits per heavy atom. The third-order valence-corrected chi connectivity index (χ3v) is 4.71. The first-order chi connectivity index (χ1) is 13.1. The second kappa shape index (κ2) is 8.62. The first-order valence-corrected chi connectivity index (χ1v) is 9.19. The lowest BCUT2D eigenvalue weighted by Gasteiger charge is -2.32. The minimum atomic E-state index is -0.0776. The molecule has 0 atom stereocenters. The van der Waals surface area contributed by atoms with E-state index in [1.54, 1.807) is 17.3 Å². The number of piperazine rings is 1. The smallest absolute Gasteiger partial charge is 0.257 e. The number of carbonyl (C=O) groups excluding carboxylic acids is 2. The number of nitrogens with zero attached hydrogens (tertiary/aromatic N) is 5. The van der Waals surface area contributed by atoms with Crippen molar-refractivity contribution >= 4 is 18.3 Å².